The number of aromatic nitrogens is 2. The summed E-state index contributed by atoms with van der Waals surface area (Å²) in [5.74, 6) is -3.66. The van der Waals surface area contributed by atoms with E-state index in [4.69, 9.17) is 10.5 Å². The second kappa shape index (κ2) is 8.71. The minimum Gasteiger partial charge on any atom is -0.373 e. The standard InChI is InChI=1S/C20H25F5N4O3/c1-32-16-14-10(19(30)27-20(31)29(14)9-2-3-9)6-11(21)15(16)28-5-4-8(7-28)13(26)12(17(22)23)18(24)25/h6,8-9,12-13,15-18H,2-5,7,26H2,1H3,(H,27,30,31). The molecule has 0 spiro atoms. The molecule has 0 bridgehead atoms. The Morgan fingerprint density at radius 2 is 1.81 bits per heavy atom. The first-order chi connectivity index (χ1) is 15.1. The van der Waals surface area contributed by atoms with Gasteiger partial charge in [-0.2, -0.15) is 0 Å². The molecule has 1 saturated heterocycles. The molecule has 2 heterocycles. The van der Waals surface area contributed by atoms with Gasteiger partial charge in [0.15, 0.2) is 0 Å². The lowest BCUT2D eigenvalue weighted by atomic mass is 9.88. The summed E-state index contributed by atoms with van der Waals surface area (Å²) in [6.07, 6.45) is -4.81. The molecule has 32 heavy (non-hydrogen) atoms. The number of rotatable bonds is 7. The van der Waals surface area contributed by atoms with Crippen molar-refractivity contribution in [1.82, 2.24) is 14.5 Å². The van der Waals surface area contributed by atoms with Crippen LogP contribution in [0, 0.1) is 11.8 Å². The number of methoxy groups -OCH3 is 1. The van der Waals surface area contributed by atoms with Crippen LogP contribution in [0.1, 0.15) is 42.7 Å². The number of halogens is 5. The predicted octanol–water partition coefficient (Wildman–Crippen LogP) is 2.05. The van der Waals surface area contributed by atoms with Gasteiger partial charge < -0.3 is 10.5 Å². The summed E-state index contributed by atoms with van der Waals surface area (Å²) >= 11 is 0. The lowest BCUT2D eigenvalue weighted by Gasteiger charge is -2.37. The molecule has 1 saturated carbocycles. The number of likely N-dealkylation sites (tertiary alicyclic amines) is 1. The van der Waals surface area contributed by atoms with Gasteiger partial charge in [0.2, 0.25) is 12.9 Å². The number of alkyl halides is 4. The number of aromatic amines is 1. The second-order valence-corrected chi connectivity index (χ2v) is 8.66. The van der Waals surface area contributed by atoms with E-state index in [0.29, 0.717) is 0 Å². The van der Waals surface area contributed by atoms with Crippen molar-refractivity contribution >= 4 is 6.08 Å². The van der Waals surface area contributed by atoms with Crippen molar-refractivity contribution in [3.05, 3.63) is 37.9 Å². The molecular formula is C20H25F5N4O3. The fourth-order valence-electron chi connectivity index (χ4n) is 4.97. The molecule has 1 aromatic heterocycles. The molecule has 4 atom stereocenters. The molecule has 0 aromatic carbocycles. The summed E-state index contributed by atoms with van der Waals surface area (Å²) in [7, 11) is 1.33. The van der Waals surface area contributed by atoms with E-state index in [2.05, 4.69) is 4.98 Å². The molecule has 2 aliphatic carbocycles. The topological polar surface area (TPSA) is 93.3 Å². The highest BCUT2D eigenvalue weighted by molar-refractivity contribution is 5.58. The number of nitrogens with zero attached hydrogens (tertiary/aromatic N) is 2. The van der Waals surface area contributed by atoms with Gasteiger partial charge in [0.25, 0.3) is 5.56 Å². The van der Waals surface area contributed by atoms with Crippen molar-refractivity contribution in [2.24, 2.45) is 17.6 Å². The van der Waals surface area contributed by atoms with E-state index >= 15 is 4.39 Å². The van der Waals surface area contributed by atoms with Crippen molar-refractivity contribution in [2.45, 2.75) is 56.3 Å². The van der Waals surface area contributed by atoms with Gasteiger partial charge in [-0.15, -0.1) is 0 Å². The van der Waals surface area contributed by atoms with E-state index in [1.54, 1.807) is 4.90 Å². The van der Waals surface area contributed by atoms with Crippen LogP contribution in [0.15, 0.2) is 15.4 Å². The fraction of sp³-hybridized carbons (Fsp3) is 0.700. The van der Waals surface area contributed by atoms with Crippen molar-refractivity contribution in [1.29, 1.82) is 0 Å². The molecule has 4 rings (SSSR count). The van der Waals surface area contributed by atoms with Crippen LogP contribution in [0.4, 0.5) is 22.0 Å². The third-order valence-electron chi connectivity index (χ3n) is 6.73. The smallest absolute Gasteiger partial charge is 0.328 e. The van der Waals surface area contributed by atoms with Crippen LogP contribution in [-0.4, -0.2) is 59.6 Å². The maximum atomic E-state index is 15.2. The van der Waals surface area contributed by atoms with E-state index < -0.39 is 60.0 Å². The van der Waals surface area contributed by atoms with E-state index in [9.17, 15) is 27.2 Å². The average Bonchev–Trinajstić information content (AvgIpc) is 3.42. The highest BCUT2D eigenvalue weighted by Crippen LogP contribution is 2.43. The molecule has 0 amide bonds. The Bertz CT molecular complexity index is 998. The fourth-order valence-corrected chi connectivity index (χ4v) is 4.97. The molecular weight excluding hydrogens is 439 g/mol. The largest absolute Gasteiger partial charge is 0.373 e. The summed E-state index contributed by atoms with van der Waals surface area (Å²) in [6, 6.07) is -2.62. The third-order valence-corrected chi connectivity index (χ3v) is 6.73. The van der Waals surface area contributed by atoms with E-state index in [0.717, 1.165) is 18.9 Å². The maximum absolute atomic E-state index is 15.2. The number of ether oxygens (including phenoxy) is 1. The average molecular weight is 464 g/mol. The Kier molecular flexibility index (Phi) is 6.29. The highest BCUT2D eigenvalue weighted by Gasteiger charge is 2.47. The lowest BCUT2D eigenvalue weighted by molar-refractivity contribution is -0.0480. The van der Waals surface area contributed by atoms with Crippen LogP contribution in [0.2, 0.25) is 0 Å². The van der Waals surface area contributed by atoms with Gasteiger partial charge in [0, 0.05) is 25.7 Å². The van der Waals surface area contributed by atoms with Crippen LogP contribution in [0.25, 0.3) is 6.08 Å². The summed E-state index contributed by atoms with van der Waals surface area (Å²) in [4.78, 5) is 28.6. The number of nitrogens with two attached hydrogens (primary N) is 1. The third kappa shape index (κ3) is 3.92. The van der Waals surface area contributed by atoms with Crippen molar-refractivity contribution < 1.29 is 26.7 Å². The SMILES string of the molecule is COC1c2c(c(=O)[nH]c(=O)n2C2CC2)C=C(F)C1N1CCC(C(N)C(C(F)F)C(F)F)C1. The second-order valence-electron chi connectivity index (χ2n) is 8.66. The maximum Gasteiger partial charge on any atom is 0.328 e. The van der Waals surface area contributed by atoms with Crippen molar-refractivity contribution in [3.63, 3.8) is 0 Å². The molecule has 1 aliphatic heterocycles. The summed E-state index contributed by atoms with van der Waals surface area (Å²) in [5.41, 5.74) is 4.72. The van der Waals surface area contributed by atoms with Gasteiger partial charge in [0.05, 0.1) is 23.2 Å². The minimum absolute atomic E-state index is 0.0000121. The van der Waals surface area contributed by atoms with Crippen LogP contribution >= 0.6 is 0 Å². The van der Waals surface area contributed by atoms with Gasteiger partial charge in [-0.1, -0.05) is 0 Å². The Labute approximate surface area is 180 Å². The van der Waals surface area contributed by atoms with Gasteiger partial charge in [-0.05, 0) is 37.8 Å². The van der Waals surface area contributed by atoms with Gasteiger partial charge >= 0.3 is 5.69 Å². The predicted molar refractivity (Wildman–Crippen MR) is 105 cm³/mol. The first kappa shape index (κ1) is 23.1. The van der Waals surface area contributed by atoms with Crippen LogP contribution in [0.5, 0.6) is 0 Å². The van der Waals surface area contributed by atoms with Gasteiger partial charge in [0.1, 0.15) is 11.9 Å². The summed E-state index contributed by atoms with van der Waals surface area (Å²) in [5, 5.41) is 0. The zero-order valence-corrected chi connectivity index (χ0v) is 17.3. The number of fused-ring (bicyclic) bond motifs is 1. The zero-order chi connectivity index (χ0) is 23.3. The molecule has 3 N–H and O–H groups in total. The molecule has 12 heteroatoms. The zero-order valence-electron chi connectivity index (χ0n) is 17.3. The molecule has 3 aliphatic rings. The first-order valence-electron chi connectivity index (χ1n) is 10.5. The van der Waals surface area contributed by atoms with Crippen molar-refractivity contribution in [3.8, 4) is 0 Å². The van der Waals surface area contributed by atoms with Crippen molar-refractivity contribution in [2.75, 3.05) is 20.2 Å². The minimum atomic E-state index is -3.27. The Balaban J connectivity index is 1.65. The number of hydrogen-bond acceptors (Lipinski definition) is 5. The summed E-state index contributed by atoms with van der Waals surface area (Å²) in [6.45, 7) is 0.227. The quantitative estimate of drug-likeness (QED) is 0.603. The van der Waals surface area contributed by atoms with Crippen LogP contribution in [0.3, 0.4) is 0 Å². The molecule has 1 aromatic rings. The van der Waals surface area contributed by atoms with Crippen LogP contribution < -0.4 is 17.0 Å². The number of hydrogen-bond donors (Lipinski definition) is 2. The van der Waals surface area contributed by atoms with Gasteiger partial charge in [-0.3, -0.25) is 19.2 Å². The molecule has 2 fully saturated rings. The van der Waals surface area contributed by atoms with E-state index in [1.165, 1.54) is 11.7 Å². The van der Waals surface area contributed by atoms with E-state index in [1.807, 2.05) is 0 Å². The highest BCUT2D eigenvalue weighted by atomic mass is 19.3. The molecule has 7 nitrogen and oxygen atoms in total. The lowest BCUT2D eigenvalue weighted by Crippen LogP contribution is -2.48. The molecule has 4 unspecified atom stereocenters. The normalized spacial score (nSPS) is 27.3. The Hall–Kier alpha value is -2.05. The number of H-pyrrole nitrogens is 1. The summed E-state index contributed by atoms with van der Waals surface area (Å²) < 4.78 is 74.7. The first-order valence-corrected chi connectivity index (χ1v) is 10.5. The Morgan fingerprint density at radius 3 is 2.38 bits per heavy atom. The Morgan fingerprint density at radius 1 is 1.16 bits per heavy atom. The van der Waals surface area contributed by atoms with Gasteiger partial charge in [-0.25, -0.2) is 26.7 Å². The van der Waals surface area contributed by atoms with Crippen LogP contribution in [-0.2, 0) is 4.74 Å². The molecule has 0 radical (unpaired) electrons. The number of nitrogens with one attached hydrogen (secondary N) is 1. The monoisotopic (exact) mass is 464 g/mol. The molecule has 178 valence electrons. The van der Waals surface area contributed by atoms with E-state index in [-0.39, 0.29) is 36.8 Å².